The van der Waals surface area contributed by atoms with Gasteiger partial charge in [-0.3, -0.25) is 14.9 Å². The molecule has 0 bridgehead atoms. The molecular weight excluding hydrogens is 350 g/mol. The molecule has 26 heavy (non-hydrogen) atoms. The Labute approximate surface area is 154 Å². The summed E-state index contributed by atoms with van der Waals surface area (Å²) in [6.45, 7) is 1.90. The zero-order chi connectivity index (χ0) is 18.5. The highest BCUT2D eigenvalue weighted by Crippen LogP contribution is 2.26. The van der Waals surface area contributed by atoms with Crippen molar-refractivity contribution >= 4 is 28.5 Å². The van der Waals surface area contributed by atoms with Gasteiger partial charge in [0, 0.05) is 35.5 Å². The van der Waals surface area contributed by atoms with Crippen LogP contribution in [-0.2, 0) is 6.42 Å². The molecule has 0 saturated heterocycles. The summed E-state index contributed by atoms with van der Waals surface area (Å²) in [5, 5.41) is 17.3. The predicted octanol–water partition coefficient (Wildman–Crippen LogP) is 4.58. The summed E-state index contributed by atoms with van der Waals surface area (Å²) in [5.74, 6) is -0.199. The Hall–Kier alpha value is -3.06. The number of carbonyl (C=O) groups excluding carboxylic acids is 1. The van der Waals surface area contributed by atoms with Crippen LogP contribution in [0.1, 0.15) is 23.0 Å². The first kappa shape index (κ1) is 17.8. The van der Waals surface area contributed by atoms with E-state index in [4.69, 9.17) is 0 Å². The van der Waals surface area contributed by atoms with Gasteiger partial charge in [0.05, 0.1) is 10.6 Å². The molecule has 0 saturated carbocycles. The van der Waals surface area contributed by atoms with Crippen LogP contribution in [-0.4, -0.2) is 22.2 Å². The SMILES string of the molecule is CC(=O)c1ccc(NCCc2csc(-c3ccccc3)n2)c([N+](=O)[O-])c1. The van der Waals surface area contributed by atoms with Crippen LogP contribution in [0.2, 0.25) is 0 Å². The highest BCUT2D eigenvalue weighted by molar-refractivity contribution is 7.13. The number of nitrogens with zero attached hydrogens (tertiary/aromatic N) is 2. The van der Waals surface area contributed by atoms with E-state index in [-0.39, 0.29) is 11.5 Å². The predicted molar refractivity (Wildman–Crippen MR) is 103 cm³/mol. The zero-order valence-electron chi connectivity index (χ0n) is 14.1. The molecule has 1 heterocycles. The topological polar surface area (TPSA) is 85.1 Å². The van der Waals surface area contributed by atoms with Gasteiger partial charge in [0.2, 0.25) is 0 Å². The number of benzene rings is 2. The van der Waals surface area contributed by atoms with Gasteiger partial charge >= 0.3 is 0 Å². The Bertz CT molecular complexity index is 938. The summed E-state index contributed by atoms with van der Waals surface area (Å²) in [5.41, 5.74) is 2.64. The van der Waals surface area contributed by atoms with Crippen molar-refractivity contribution in [2.75, 3.05) is 11.9 Å². The van der Waals surface area contributed by atoms with Crippen molar-refractivity contribution in [2.24, 2.45) is 0 Å². The molecule has 0 aliphatic carbocycles. The fourth-order valence-corrected chi connectivity index (χ4v) is 3.37. The second kappa shape index (κ2) is 7.88. The zero-order valence-corrected chi connectivity index (χ0v) is 15.0. The minimum atomic E-state index is -0.481. The van der Waals surface area contributed by atoms with E-state index in [0.717, 1.165) is 16.3 Å². The van der Waals surface area contributed by atoms with Gasteiger partial charge in [0.25, 0.3) is 5.69 Å². The molecule has 3 rings (SSSR count). The number of thiazole rings is 1. The number of nitrogens with one attached hydrogen (secondary N) is 1. The lowest BCUT2D eigenvalue weighted by molar-refractivity contribution is -0.384. The Balaban J connectivity index is 1.66. The van der Waals surface area contributed by atoms with Gasteiger partial charge in [0.1, 0.15) is 10.7 Å². The molecule has 6 nitrogen and oxygen atoms in total. The van der Waals surface area contributed by atoms with E-state index in [1.54, 1.807) is 23.5 Å². The number of Topliss-reactive ketones (excluding diaryl/α,β-unsaturated/α-hetero) is 1. The summed E-state index contributed by atoms with van der Waals surface area (Å²) >= 11 is 1.58. The molecule has 0 amide bonds. The number of nitro benzene ring substituents is 1. The normalized spacial score (nSPS) is 10.5. The number of rotatable bonds is 7. The Morgan fingerprint density at radius 2 is 2.00 bits per heavy atom. The van der Waals surface area contributed by atoms with Gasteiger partial charge in [-0.1, -0.05) is 30.3 Å². The molecule has 0 fully saturated rings. The minimum Gasteiger partial charge on any atom is -0.379 e. The molecule has 1 N–H and O–H groups in total. The van der Waals surface area contributed by atoms with Crippen LogP contribution in [0.5, 0.6) is 0 Å². The fraction of sp³-hybridized carbons (Fsp3) is 0.158. The molecule has 0 aliphatic heterocycles. The van der Waals surface area contributed by atoms with Crippen LogP contribution in [0.4, 0.5) is 11.4 Å². The highest BCUT2D eigenvalue weighted by Gasteiger charge is 2.16. The molecular formula is C19H17N3O3S. The van der Waals surface area contributed by atoms with E-state index in [2.05, 4.69) is 10.3 Å². The van der Waals surface area contributed by atoms with Crippen LogP contribution >= 0.6 is 11.3 Å². The molecule has 132 valence electrons. The first-order valence-corrected chi connectivity index (χ1v) is 8.95. The molecule has 2 aromatic carbocycles. The van der Waals surface area contributed by atoms with E-state index in [1.165, 1.54) is 13.0 Å². The molecule has 0 unspecified atom stereocenters. The van der Waals surface area contributed by atoms with E-state index >= 15 is 0 Å². The van der Waals surface area contributed by atoms with Crippen molar-refractivity contribution in [3.05, 3.63) is 75.3 Å². The Kier molecular flexibility index (Phi) is 5.38. The quantitative estimate of drug-likeness (QED) is 0.375. The van der Waals surface area contributed by atoms with E-state index in [1.807, 2.05) is 35.7 Å². The van der Waals surface area contributed by atoms with Crippen molar-refractivity contribution in [3.63, 3.8) is 0 Å². The number of ketones is 1. The maximum atomic E-state index is 11.4. The maximum absolute atomic E-state index is 11.4. The number of nitro groups is 1. The van der Waals surface area contributed by atoms with E-state index < -0.39 is 4.92 Å². The first-order valence-electron chi connectivity index (χ1n) is 8.07. The summed E-state index contributed by atoms with van der Waals surface area (Å²) < 4.78 is 0. The van der Waals surface area contributed by atoms with Crippen LogP contribution in [0, 0.1) is 10.1 Å². The smallest absolute Gasteiger partial charge is 0.293 e. The van der Waals surface area contributed by atoms with Crippen molar-refractivity contribution < 1.29 is 9.72 Å². The summed E-state index contributed by atoms with van der Waals surface area (Å²) in [6.07, 6.45) is 0.648. The Morgan fingerprint density at radius 3 is 2.69 bits per heavy atom. The largest absolute Gasteiger partial charge is 0.379 e. The monoisotopic (exact) mass is 367 g/mol. The molecule has 3 aromatic rings. The standard InChI is InChI=1S/C19H17N3O3S/c1-13(23)15-7-8-17(18(11-15)22(24)25)20-10-9-16-12-26-19(21-16)14-5-3-2-4-6-14/h2-8,11-12,20H,9-10H2,1H3. The van der Waals surface area contributed by atoms with Gasteiger partial charge in [-0.25, -0.2) is 4.98 Å². The van der Waals surface area contributed by atoms with Crippen molar-refractivity contribution in [2.45, 2.75) is 13.3 Å². The first-order chi connectivity index (χ1) is 12.5. The average Bonchev–Trinajstić information content (AvgIpc) is 3.11. The summed E-state index contributed by atoms with van der Waals surface area (Å²) in [4.78, 5) is 26.8. The Morgan fingerprint density at radius 1 is 1.23 bits per heavy atom. The second-order valence-corrected chi connectivity index (χ2v) is 6.59. The lowest BCUT2D eigenvalue weighted by Gasteiger charge is -2.07. The van der Waals surface area contributed by atoms with Gasteiger partial charge < -0.3 is 5.32 Å². The molecule has 0 atom stereocenters. The van der Waals surface area contributed by atoms with E-state index in [9.17, 15) is 14.9 Å². The molecule has 1 aromatic heterocycles. The highest BCUT2D eigenvalue weighted by atomic mass is 32.1. The number of anilines is 1. The van der Waals surface area contributed by atoms with Crippen LogP contribution in [0.25, 0.3) is 10.6 Å². The molecule has 0 aliphatic rings. The van der Waals surface area contributed by atoms with Gasteiger partial charge in [-0.05, 0) is 19.1 Å². The number of hydrogen-bond acceptors (Lipinski definition) is 6. The molecule has 7 heteroatoms. The molecule has 0 spiro atoms. The third-order valence-electron chi connectivity index (χ3n) is 3.87. The number of carbonyl (C=O) groups is 1. The van der Waals surface area contributed by atoms with Crippen LogP contribution in [0.3, 0.4) is 0 Å². The fourth-order valence-electron chi connectivity index (χ4n) is 2.51. The lowest BCUT2D eigenvalue weighted by atomic mass is 10.1. The maximum Gasteiger partial charge on any atom is 0.293 e. The van der Waals surface area contributed by atoms with Crippen molar-refractivity contribution in [3.8, 4) is 10.6 Å². The van der Waals surface area contributed by atoms with Crippen molar-refractivity contribution in [1.29, 1.82) is 0 Å². The van der Waals surface area contributed by atoms with Crippen molar-refractivity contribution in [1.82, 2.24) is 4.98 Å². The number of aromatic nitrogens is 1. The third kappa shape index (κ3) is 4.12. The lowest BCUT2D eigenvalue weighted by Crippen LogP contribution is -2.08. The average molecular weight is 367 g/mol. The van der Waals surface area contributed by atoms with E-state index in [0.29, 0.717) is 24.2 Å². The van der Waals surface area contributed by atoms with Gasteiger partial charge in [0.15, 0.2) is 5.78 Å². The second-order valence-electron chi connectivity index (χ2n) is 5.73. The van der Waals surface area contributed by atoms with Crippen LogP contribution < -0.4 is 5.32 Å². The number of hydrogen-bond donors (Lipinski definition) is 1. The van der Waals surface area contributed by atoms with Gasteiger partial charge in [-0.2, -0.15) is 0 Å². The van der Waals surface area contributed by atoms with Gasteiger partial charge in [-0.15, -0.1) is 11.3 Å². The third-order valence-corrected chi connectivity index (χ3v) is 4.81. The van der Waals surface area contributed by atoms with Crippen LogP contribution in [0.15, 0.2) is 53.9 Å². The minimum absolute atomic E-state index is 0.0963. The molecule has 0 radical (unpaired) electrons. The summed E-state index contributed by atoms with van der Waals surface area (Å²) in [6, 6.07) is 14.4. The summed E-state index contributed by atoms with van der Waals surface area (Å²) in [7, 11) is 0.